The van der Waals surface area contributed by atoms with E-state index < -0.39 is 12.3 Å². The van der Waals surface area contributed by atoms with Gasteiger partial charge >= 0.3 is 5.97 Å². The van der Waals surface area contributed by atoms with Crippen LogP contribution in [0.5, 0.6) is 0 Å². The van der Waals surface area contributed by atoms with Gasteiger partial charge in [0.1, 0.15) is 0 Å². The maximum atomic E-state index is 5.88. The Labute approximate surface area is 130 Å². The number of hydrogen-bond donors (Lipinski definition) is 0. The molecule has 0 N–H and O–H groups in total. The van der Waals surface area contributed by atoms with Crippen molar-refractivity contribution in [3.63, 3.8) is 0 Å². The van der Waals surface area contributed by atoms with Gasteiger partial charge in [0, 0.05) is 19.8 Å². The first-order chi connectivity index (χ1) is 10.2. The Bertz CT molecular complexity index is 207. The van der Waals surface area contributed by atoms with Gasteiger partial charge in [0.2, 0.25) is 6.29 Å². The Morgan fingerprint density at radius 3 is 1.38 bits per heavy atom. The van der Waals surface area contributed by atoms with Crippen molar-refractivity contribution in [1.29, 1.82) is 0 Å². The molecule has 0 bridgehead atoms. The van der Waals surface area contributed by atoms with Gasteiger partial charge in [-0.2, -0.15) is 0 Å². The molecule has 0 aromatic heterocycles. The fraction of sp³-hybridized carbons (Fsp3) is 1.00. The van der Waals surface area contributed by atoms with Crippen LogP contribution in [0.4, 0.5) is 0 Å². The topological polar surface area (TPSA) is 46.2 Å². The van der Waals surface area contributed by atoms with E-state index in [0.717, 1.165) is 25.7 Å². The van der Waals surface area contributed by atoms with Gasteiger partial charge in [-0.1, -0.05) is 27.7 Å². The van der Waals surface area contributed by atoms with Gasteiger partial charge in [-0.3, -0.25) is 0 Å². The highest BCUT2D eigenvalue weighted by Gasteiger charge is 2.45. The molecule has 0 aliphatic carbocycles. The van der Waals surface area contributed by atoms with E-state index in [4.69, 9.17) is 23.7 Å². The minimum Gasteiger partial charge on any atom is -0.346 e. The lowest BCUT2D eigenvalue weighted by atomic mass is 10.4. The molecule has 0 saturated carbocycles. The van der Waals surface area contributed by atoms with Gasteiger partial charge in [0.25, 0.3) is 0 Å². The molecule has 5 nitrogen and oxygen atoms in total. The van der Waals surface area contributed by atoms with E-state index in [-0.39, 0.29) is 0 Å². The minimum absolute atomic E-state index is 0.467. The smallest absolute Gasteiger partial charge is 0.337 e. The lowest BCUT2D eigenvalue weighted by Gasteiger charge is -2.38. The summed E-state index contributed by atoms with van der Waals surface area (Å²) in [4.78, 5) is 0. The summed E-state index contributed by atoms with van der Waals surface area (Å²) < 4.78 is 29.2. The Balaban J connectivity index is 5.05. The molecule has 0 aromatic carbocycles. The summed E-state index contributed by atoms with van der Waals surface area (Å²) in [6.07, 6.45) is 2.87. The molecule has 0 amide bonds. The predicted molar refractivity (Wildman–Crippen MR) is 83.1 cm³/mol. The van der Waals surface area contributed by atoms with Crippen molar-refractivity contribution in [3.8, 4) is 0 Å². The molecule has 0 aromatic rings. The molecule has 0 aliphatic rings. The average Bonchev–Trinajstić information content (AvgIpc) is 2.50. The van der Waals surface area contributed by atoms with Crippen molar-refractivity contribution >= 4 is 0 Å². The molecule has 0 unspecified atom stereocenters. The average molecular weight is 306 g/mol. The van der Waals surface area contributed by atoms with Crippen LogP contribution >= 0.6 is 0 Å². The van der Waals surface area contributed by atoms with E-state index >= 15 is 0 Å². The summed E-state index contributed by atoms with van der Waals surface area (Å²) in [5, 5.41) is 0. The Hall–Kier alpha value is -0.200. The second-order valence-electron chi connectivity index (χ2n) is 4.81. The van der Waals surface area contributed by atoms with Crippen molar-refractivity contribution in [2.45, 2.75) is 72.6 Å². The lowest BCUT2D eigenvalue weighted by molar-refractivity contribution is -0.455. The molecule has 128 valence electrons. The number of rotatable bonds is 15. The van der Waals surface area contributed by atoms with E-state index in [1.807, 2.05) is 20.8 Å². The van der Waals surface area contributed by atoms with E-state index in [9.17, 15) is 0 Å². The zero-order chi connectivity index (χ0) is 16.0. The monoisotopic (exact) mass is 306 g/mol. The summed E-state index contributed by atoms with van der Waals surface area (Å²) in [7, 11) is 0. The SMILES string of the molecule is CCCOC(OCCC)C(OCC)(OCCC)OCCC. The molecule has 0 aliphatic heterocycles. The van der Waals surface area contributed by atoms with E-state index in [0.29, 0.717) is 33.0 Å². The maximum absolute atomic E-state index is 5.88. The summed E-state index contributed by atoms with van der Waals surface area (Å²) in [6, 6.07) is 0. The van der Waals surface area contributed by atoms with Crippen molar-refractivity contribution in [1.82, 2.24) is 0 Å². The Morgan fingerprint density at radius 2 is 1.05 bits per heavy atom. The quantitative estimate of drug-likeness (QED) is 0.432. The van der Waals surface area contributed by atoms with Gasteiger partial charge in [-0.15, -0.1) is 0 Å². The second-order valence-corrected chi connectivity index (χ2v) is 4.81. The number of hydrogen-bond acceptors (Lipinski definition) is 5. The zero-order valence-corrected chi connectivity index (χ0v) is 14.5. The van der Waals surface area contributed by atoms with Crippen LogP contribution in [-0.4, -0.2) is 45.3 Å². The van der Waals surface area contributed by atoms with Gasteiger partial charge in [0.05, 0.1) is 13.2 Å². The van der Waals surface area contributed by atoms with Gasteiger partial charge < -0.3 is 23.7 Å². The van der Waals surface area contributed by atoms with Crippen LogP contribution in [0.25, 0.3) is 0 Å². The van der Waals surface area contributed by atoms with Crippen molar-refractivity contribution in [2.24, 2.45) is 0 Å². The fourth-order valence-electron chi connectivity index (χ4n) is 1.72. The first-order valence-electron chi connectivity index (χ1n) is 8.35. The number of ether oxygens (including phenoxy) is 5. The third-order valence-electron chi connectivity index (χ3n) is 2.60. The molecule has 0 fully saturated rings. The maximum Gasteiger partial charge on any atom is 0.337 e. The highest BCUT2D eigenvalue weighted by molar-refractivity contribution is 4.65. The molecule has 0 rings (SSSR count). The van der Waals surface area contributed by atoms with Crippen molar-refractivity contribution in [2.75, 3.05) is 33.0 Å². The van der Waals surface area contributed by atoms with Gasteiger partial charge in [0.15, 0.2) is 0 Å². The summed E-state index contributed by atoms with van der Waals surface area (Å²) in [5.41, 5.74) is 0. The van der Waals surface area contributed by atoms with Crippen LogP contribution in [0.15, 0.2) is 0 Å². The highest BCUT2D eigenvalue weighted by Crippen LogP contribution is 2.25. The van der Waals surface area contributed by atoms with Crippen LogP contribution in [0, 0.1) is 0 Å². The Kier molecular flexibility index (Phi) is 13.3. The molecular formula is C16H34O5. The van der Waals surface area contributed by atoms with E-state index in [2.05, 4.69) is 13.8 Å². The standard InChI is InChI=1S/C16H34O5/c1-6-11-17-15(18-12-7-2)16(19-10-5,20-13-8-3)21-14-9-4/h15H,6-14H2,1-5H3. The van der Waals surface area contributed by atoms with Crippen molar-refractivity contribution in [3.05, 3.63) is 0 Å². The van der Waals surface area contributed by atoms with Crippen LogP contribution in [0.2, 0.25) is 0 Å². The molecule has 0 radical (unpaired) electrons. The first kappa shape index (κ1) is 20.8. The molecule has 0 heterocycles. The normalized spacial score (nSPS) is 12.3. The summed E-state index contributed by atoms with van der Waals surface area (Å²) in [5.74, 6) is -1.27. The highest BCUT2D eigenvalue weighted by atomic mass is 16.9. The predicted octanol–water partition coefficient (Wildman–Crippen LogP) is 3.71. The molecule has 21 heavy (non-hydrogen) atoms. The Morgan fingerprint density at radius 1 is 0.619 bits per heavy atom. The van der Waals surface area contributed by atoms with Gasteiger partial charge in [-0.25, -0.2) is 0 Å². The third kappa shape index (κ3) is 8.12. The summed E-state index contributed by atoms with van der Waals surface area (Å²) >= 11 is 0. The molecule has 0 atom stereocenters. The minimum atomic E-state index is -1.27. The molecular weight excluding hydrogens is 272 g/mol. The second kappa shape index (κ2) is 13.5. The zero-order valence-electron chi connectivity index (χ0n) is 14.5. The van der Waals surface area contributed by atoms with E-state index in [1.165, 1.54) is 0 Å². The lowest BCUT2D eigenvalue weighted by Crippen LogP contribution is -2.53. The van der Waals surface area contributed by atoms with Crippen LogP contribution in [0.1, 0.15) is 60.3 Å². The van der Waals surface area contributed by atoms with Crippen LogP contribution in [0.3, 0.4) is 0 Å². The van der Waals surface area contributed by atoms with Gasteiger partial charge in [-0.05, 0) is 32.6 Å². The first-order valence-corrected chi connectivity index (χ1v) is 8.35. The fourth-order valence-corrected chi connectivity index (χ4v) is 1.72. The van der Waals surface area contributed by atoms with Crippen LogP contribution in [-0.2, 0) is 23.7 Å². The molecule has 0 spiro atoms. The van der Waals surface area contributed by atoms with Crippen molar-refractivity contribution < 1.29 is 23.7 Å². The molecule has 5 heteroatoms. The largest absolute Gasteiger partial charge is 0.346 e. The van der Waals surface area contributed by atoms with Crippen LogP contribution < -0.4 is 0 Å². The summed E-state index contributed by atoms with van der Waals surface area (Å²) in [6.45, 7) is 12.8. The van der Waals surface area contributed by atoms with E-state index in [1.54, 1.807) is 0 Å². The third-order valence-corrected chi connectivity index (χ3v) is 2.60. The molecule has 0 saturated heterocycles.